The number of fused-ring (bicyclic) bond motifs is 1. The second-order valence-corrected chi connectivity index (χ2v) is 8.24. The van der Waals surface area contributed by atoms with Crippen molar-refractivity contribution in [1.29, 1.82) is 0 Å². The van der Waals surface area contributed by atoms with Crippen LogP contribution in [0.2, 0.25) is 0 Å². The molecule has 0 aliphatic rings. The highest BCUT2D eigenvalue weighted by Crippen LogP contribution is 2.37. The van der Waals surface area contributed by atoms with E-state index < -0.39 is 0 Å². The predicted octanol–water partition coefficient (Wildman–Crippen LogP) is 6.11. The molecular formula is C24H26N4O2. The molecule has 0 atom stereocenters. The number of hydrogen-bond acceptors (Lipinski definition) is 5. The molecule has 4 rings (SSSR count). The molecule has 0 spiro atoms. The Labute approximate surface area is 176 Å². The molecule has 6 heteroatoms. The standard InChI is InChI=1S/C24H26N4O2/c1-15-9-8-11-17-21(15)28-23(25-17)26-18-13-14-20(29-5)27-22(18)30-19-12-7-6-10-16(19)24(2,3)4/h6-14H,1-5H3,(H2,25,26,28). The molecule has 0 saturated carbocycles. The van der Waals surface area contributed by atoms with Crippen LogP contribution in [-0.2, 0) is 5.41 Å². The van der Waals surface area contributed by atoms with Crippen molar-refractivity contribution < 1.29 is 9.47 Å². The van der Waals surface area contributed by atoms with E-state index >= 15 is 0 Å². The van der Waals surface area contributed by atoms with Gasteiger partial charge in [0.2, 0.25) is 17.7 Å². The molecule has 0 radical (unpaired) electrons. The van der Waals surface area contributed by atoms with E-state index in [-0.39, 0.29) is 5.41 Å². The van der Waals surface area contributed by atoms with Crippen LogP contribution in [0.1, 0.15) is 31.9 Å². The van der Waals surface area contributed by atoms with Crippen molar-refractivity contribution in [1.82, 2.24) is 15.0 Å². The van der Waals surface area contributed by atoms with Crippen molar-refractivity contribution in [2.24, 2.45) is 0 Å². The van der Waals surface area contributed by atoms with Crippen molar-refractivity contribution in [2.45, 2.75) is 33.1 Å². The molecule has 0 saturated heterocycles. The van der Waals surface area contributed by atoms with Crippen LogP contribution in [0.25, 0.3) is 11.0 Å². The third-order valence-electron chi connectivity index (χ3n) is 4.91. The first kappa shape index (κ1) is 19.8. The molecule has 0 amide bonds. The molecule has 2 N–H and O–H groups in total. The zero-order chi connectivity index (χ0) is 21.3. The first-order valence-corrected chi connectivity index (χ1v) is 9.90. The van der Waals surface area contributed by atoms with Gasteiger partial charge in [0.05, 0.1) is 18.1 Å². The van der Waals surface area contributed by atoms with Crippen molar-refractivity contribution in [3.8, 4) is 17.5 Å². The quantitative estimate of drug-likeness (QED) is 0.421. The highest BCUT2D eigenvalue weighted by atomic mass is 16.5. The topological polar surface area (TPSA) is 72.1 Å². The van der Waals surface area contributed by atoms with Crippen LogP contribution in [0.3, 0.4) is 0 Å². The van der Waals surface area contributed by atoms with Crippen LogP contribution < -0.4 is 14.8 Å². The highest BCUT2D eigenvalue weighted by molar-refractivity contribution is 5.81. The van der Waals surface area contributed by atoms with E-state index in [1.54, 1.807) is 13.2 Å². The Morgan fingerprint density at radius 3 is 2.47 bits per heavy atom. The number of anilines is 2. The Balaban J connectivity index is 1.72. The molecule has 2 aromatic heterocycles. The van der Waals surface area contributed by atoms with Gasteiger partial charge in [-0.2, -0.15) is 4.98 Å². The van der Waals surface area contributed by atoms with Crippen molar-refractivity contribution in [3.63, 3.8) is 0 Å². The van der Waals surface area contributed by atoms with Gasteiger partial charge in [0, 0.05) is 11.6 Å². The van der Waals surface area contributed by atoms with E-state index in [0.29, 0.717) is 23.4 Å². The smallest absolute Gasteiger partial charge is 0.246 e. The van der Waals surface area contributed by atoms with Gasteiger partial charge in [-0.25, -0.2) is 4.98 Å². The van der Waals surface area contributed by atoms with Gasteiger partial charge in [-0.05, 0) is 36.1 Å². The van der Waals surface area contributed by atoms with E-state index in [0.717, 1.165) is 27.9 Å². The van der Waals surface area contributed by atoms with Crippen molar-refractivity contribution in [3.05, 3.63) is 65.7 Å². The minimum absolute atomic E-state index is 0.0701. The molecule has 4 aromatic rings. The summed E-state index contributed by atoms with van der Waals surface area (Å²) in [6, 6.07) is 17.7. The normalized spacial score (nSPS) is 11.5. The first-order chi connectivity index (χ1) is 14.3. The molecule has 2 heterocycles. The SMILES string of the molecule is COc1ccc(Nc2nc3c(C)cccc3[nH]2)c(Oc2ccccc2C(C)(C)C)n1. The number of rotatable bonds is 5. The summed E-state index contributed by atoms with van der Waals surface area (Å²) in [6.45, 7) is 8.51. The Bertz CT molecular complexity index is 1190. The van der Waals surface area contributed by atoms with Crippen LogP contribution in [0.15, 0.2) is 54.6 Å². The van der Waals surface area contributed by atoms with Crippen LogP contribution in [-0.4, -0.2) is 22.1 Å². The Hall–Kier alpha value is -3.54. The van der Waals surface area contributed by atoms with Crippen molar-refractivity contribution >= 4 is 22.7 Å². The monoisotopic (exact) mass is 402 g/mol. The first-order valence-electron chi connectivity index (χ1n) is 9.90. The molecule has 6 nitrogen and oxygen atoms in total. The fourth-order valence-electron chi connectivity index (χ4n) is 3.35. The molecular weight excluding hydrogens is 376 g/mol. The number of aryl methyl sites for hydroxylation is 1. The number of para-hydroxylation sites is 2. The molecule has 30 heavy (non-hydrogen) atoms. The molecule has 0 fully saturated rings. The minimum atomic E-state index is -0.0701. The van der Waals surface area contributed by atoms with Gasteiger partial charge in [0.1, 0.15) is 11.4 Å². The number of aromatic amines is 1. The van der Waals surface area contributed by atoms with Gasteiger partial charge in [-0.15, -0.1) is 0 Å². The van der Waals surface area contributed by atoms with Crippen LogP contribution in [0.5, 0.6) is 17.5 Å². The number of hydrogen-bond donors (Lipinski definition) is 2. The number of methoxy groups -OCH3 is 1. The summed E-state index contributed by atoms with van der Waals surface area (Å²) in [5, 5.41) is 3.31. The minimum Gasteiger partial charge on any atom is -0.481 e. The third-order valence-corrected chi connectivity index (χ3v) is 4.91. The van der Waals surface area contributed by atoms with Gasteiger partial charge in [-0.3, -0.25) is 0 Å². The largest absolute Gasteiger partial charge is 0.481 e. The summed E-state index contributed by atoms with van der Waals surface area (Å²) in [5.41, 5.74) is 4.73. The van der Waals surface area contributed by atoms with E-state index in [9.17, 15) is 0 Å². The van der Waals surface area contributed by atoms with E-state index in [2.05, 4.69) is 47.1 Å². The maximum Gasteiger partial charge on any atom is 0.246 e. The number of nitrogens with one attached hydrogen (secondary N) is 2. The summed E-state index contributed by atoms with van der Waals surface area (Å²) in [4.78, 5) is 12.5. The van der Waals surface area contributed by atoms with Crippen LogP contribution >= 0.6 is 0 Å². The summed E-state index contributed by atoms with van der Waals surface area (Å²) in [7, 11) is 1.59. The number of nitrogens with zero attached hydrogens (tertiary/aromatic N) is 2. The maximum atomic E-state index is 6.28. The highest BCUT2D eigenvalue weighted by Gasteiger charge is 2.20. The molecule has 154 valence electrons. The summed E-state index contributed by atoms with van der Waals surface area (Å²) in [6.07, 6.45) is 0. The number of pyridine rings is 1. The van der Waals surface area contributed by atoms with Crippen molar-refractivity contribution in [2.75, 3.05) is 12.4 Å². The summed E-state index contributed by atoms with van der Waals surface area (Å²) < 4.78 is 11.6. The fraction of sp³-hybridized carbons (Fsp3) is 0.250. The fourth-order valence-corrected chi connectivity index (χ4v) is 3.35. The van der Waals surface area contributed by atoms with Gasteiger partial charge < -0.3 is 19.8 Å². The van der Waals surface area contributed by atoms with E-state index in [4.69, 9.17) is 9.47 Å². The summed E-state index contributed by atoms with van der Waals surface area (Å²) >= 11 is 0. The summed E-state index contributed by atoms with van der Waals surface area (Å²) in [5.74, 6) is 2.28. The molecule has 0 bridgehead atoms. The third kappa shape index (κ3) is 3.94. The van der Waals surface area contributed by atoms with Gasteiger partial charge in [-0.1, -0.05) is 51.1 Å². The van der Waals surface area contributed by atoms with Gasteiger partial charge >= 0.3 is 0 Å². The predicted molar refractivity (Wildman–Crippen MR) is 120 cm³/mol. The Kier molecular flexibility index (Phi) is 5.08. The zero-order valence-electron chi connectivity index (χ0n) is 17.9. The average Bonchev–Trinajstić information content (AvgIpc) is 3.13. The second kappa shape index (κ2) is 7.71. The van der Waals surface area contributed by atoms with Crippen LogP contribution in [0, 0.1) is 6.92 Å². The number of H-pyrrole nitrogens is 1. The molecule has 0 unspecified atom stereocenters. The number of benzene rings is 2. The Morgan fingerprint density at radius 1 is 0.933 bits per heavy atom. The lowest BCUT2D eigenvalue weighted by molar-refractivity contribution is 0.381. The molecule has 0 aliphatic heterocycles. The zero-order valence-corrected chi connectivity index (χ0v) is 17.9. The molecule has 0 aliphatic carbocycles. The lowest BCUT2D eigenvalue weighted by atomic mass is 9.86. The lowest BCUT2D eigenvalue weighted by Gasteiger charge is -2.23. The maximum absolute atomic E-state index is 6.28. The second-order valence-electron chi connectivity index (χ2n) is 8.24. The van der Waals surface area contributed by atoms with Crippen LogP contribution in [0.4, 0.5) is 11.6 Å². The van der Waals surface area contributed by atoms with Gasteiger partial charge in [0.15, 0.2) is 0 Å². The Morgan fingerprint density at radius 2 is 1.73 bits per heavy atom. The average molecular weight is 402 g/mol. The van der Waals surface area contributed by atoms with Gasteiger partial charge in [0.25, 0.3) is 0 Å². The lowest BCUT2D eigenvalue weighted by Crippen LogP contribution is -2.12. The van der Waals surface area contributed by atoms with E-state index in [1.165, 1.54) is 0 Å². The molecule has 2 aromatic carbocycles. The van der Waals surface area contributed by atoms with E-state index in [1.807, 2.05) is 49.4 Å². The number of ether oxygens (including phenoxy) is 2. The number of aromatic nitrogens is 3. The number of imidazole rings is 1.